The molecule has 0 radical (unpaired) electrons. The molecule has 4 rings (SSSR count). The molecule has 0 unspecified atom stereocenters. The van der Waals surface area contributed by atoms with Crippen LogP contribution in [0.25, 0.3) is 11.1 Å². The fourth-order valence-electron chi connectivity index (χ4n) is 3.91. The van der Waals surface area contributed by atoms with E-state index in [0.717, 1.165) is 24.8 Å². The van der Waals surface area contributed by atoms with Crippen LogP contribution in [0, 0.1) is 13.8 Å². The Hall–Kier alpha value is -2.58. The number of sulfonamides is 1. The summed E-state index contributed by atoms with van der Waals surface area (Å²) in [6.07, 6.45) is 3.73. The smallest absolute Gasteiger partial charge is 0.258 e. The maximum atomic E-state index is 12.9. The second kappa shape index (κ2) is 8.28. The average molecular weight is 428 g/mol. The molecule has 0 amide bonds. The number of Topliss-reactive ketones (excluding diaryl/α,β-unsaturated/α-hetero) is 1. The van der Waals surface area contributed by atoms with Crippen LogP contribution in [0.2, 0.25) is 0 Å². The Morgan fingerprint density at radius 3 is 2.50 bits per heavy atom. The molecule has 3 aromatic rings. The minimum Gasteiger partial charge on any atom is -0.336 e. The third-order valence-corrected chi connectivity index (χ3v) is 7.48. The molecule has 0 spiro atoms. The summed E-state index contributed by atoms with van der Waals surface area (Å²) in [5.41, 5.74) is 3.22. The number of carbonyl (C=O) groups is 1. The van der Waals surface area contributed by atoms with Crippen LogP contribution in [0.15, 0.2) is 39.8 Å². The number of rotatable bonds is 6. The van der Waals surface area contributed by atoms with E-state index < -0.39 is 10.0 Å². The van der Waals surface area contributed by atoms with Gasteiger partial charge in [-0.15, -0.1) is 0 Å². The maximum Gasteiger partial charge on any atom is 0.258 e. The van der Waals surface area contributed by atoms with Gasteiger partial charge in [-0.05, 0) is 56.9 Å². The van der Waals surface area contributed by atoms with Gasteiger partial charge in [0.2, 0.25) is 10.0 Å². The molecular formula is C22H25N3O4S. The molecule has 0 N–H and O–H groups in total. The molecule has 1 aliphatic rings. The first-order chi connectivity index (χ1) is 14.4. The van der Waals surface area contributed by atoms with Crippen LogP contribution in [-0.2, 0) is 16.4 Å². The van der Waals surface area contributed by atoms with Gasteiger partial charge in [-0.1, -0.05) is 23.7 Å². The second-order valence-electron chi connectivity index (χ2n) is 7.79. The van der Waals surface area contributed by atoms with Crippen molar-refractivity contribution in [2.75, 3.05) is 13.1 Å². The Morgan fingerprint density at radius 2 is 1.80 bits per heavy atom. The molecule has 1 saturated heterocycles. The molecule has 3 heterocycles. The predicted molar refractivity (Wildman–Crippen MR) is 113 cm³/mol. The number of aryl methyl sites for hydroxylation is 3. The zero-order chi connectivity index (χ0) is 21.3. The van der Waals surface area contributed by atoms with Crippen LogP contribution < -0.4 is 0 Å². The highest BCUT2D eigenvalue weighted by atomic mass is 32.2. The quantitative estimate of drug-likeness (QED) is 0.555. The van der Waals surface area contributed by atoms with Gasteiger partial charge in [-0.25, -0.2) is 13.4 Å². The highest BCUT2D eigenvalue weighted by Crippen LogP contribution is 2.24. The number of benzene rings is 1. The van der Waals surface area contributed by atoms with Gasteiger partial charge in [0.05, 0.1) is 16.0 Å². The van der Waals surface area contributed by atoms with Crippen LogP contribution in [0.4, 0.5) is 0 Å². The van der Waals surface area contributed by atoms with Crippen molar-refractivity contribution in [1.82, 2.24) is 14.4 Å². The first-order valence-corrected chi connectivity index (χ1v) is 11.7. The summed E-state index contributed by atoms with van der Waals surface area (Å²) >= 11 is 0. The Balaban J connectivity index is 1.47. The summed E-state index contributed by atoms with van der Waals surface area (Å²) in [6, 6.07) is 8.64. The average Bonchev–Trinajstić information content (AvgIpc) is 3.12. The number of aromatic nitrogens is 2. The SMILES string of the molecule is Cc1cc(C(=O)CCc2ccc(S(=O)(=O)N3CCCCC3)cc2)c2c(C)noc2n1. The summed E-state index contributed by atoms with van der Waals surface area (Å²) < 4.78 is 32.3. The van der Waals surface area contributed by atoms with Gasteiger partial charge < -0.3 is 4.52 Å². The largest absolute Gasteiger partial charge is 0.336 e. The summed E-state index contributed by atoms with van der Waals surface area (Å²) in [6.45, 7) is 4.78. The molecule has 0 aliphatic carbocycles. The van der Waals surface area contributed by atoms with Gasteiger partial charge >= 0.3 is 0 Å². The molecule has 0 saturated carbocycles. The number of hydrogen-bond acceptors (Lipinski definition) is 6. The van der Waals surface area contributed by atoms with E-state index in [2.05, 4.69) is 10.1 Å². The molecule has 0 bridgehead atoms. The van der Waals surface area contributed by atoms with Gasteiger partial charge in [0, 0.05) is 30.8 Å². The molecule has 1 aliphatic heterocycles. The van der Waals surface area contributed by atoms with Crippen molar-refractivity contribution in [2.24, 2.45) is 0 Å². The molecule has 1 aromatic carbocycles. The third-order valence-electron chi connectivity index (χ3n) is 5.56. The second-order valence-corrected chi connectivity index (χ2v) is 9.73. The summed E-state index contributed by atoms with van der Waals surface area (Å²) in [4.78, 5) is 17.5. The van der Waals surface area contributed by atoms with E-state index in [1.165, 1.54) is 0 Å². The zero-order valence-corrected chi connectivity index (χ0v) is 18.0. The van der Waals surface area contributed by atoms with Crippen molar-refractivity contribution in [3.05, 3.63) is 52.8 Å². The van der Waals surface area contributed by atoms with E-state index >= 15 is 0 Å². The fraction of sp³-hybridized carbons (Fsp3) is 0.409. The molecular weight excluding hydrogens is 402 g/mol. The van der Waals surface area contributed by atoms with Crippen LogP contribution >= 0.6 is 0 Å². The van der Waals surface area contributed by atoms with E-state index in [1.54, 1.807) is 41.6 Å². The molecule has 158 valence electrons. The highest BCUT2D eigenvalue weighted by Gasteiger charge is 2.25. The highest BCUT2D eigenvalue weighted by molar-refractivity contribution is 7.89. The Kier molecular flexibility index (Phi) is 5.71. The van der Waals surface area contributed by atoms with Crippen molar-refractivity contribution in [3.63, 3.8) is 0 Å². The number of hydrogen-bond donors (Lipinski definition) is 0. The van der Waals surface area contributed by atoms with E-state index in [-0.39, 0.29) is 5.78 Å². The van der Waals surface area contributed by atoms with Crippen molar-refractivity contribution in [3.8, 4) is 0 Å². The lowest BCUT2D eigenvalue weighted by Crippen LogP contribution is -2.35. The van der Waals surface area contributed by atoms with Crippen LogP contribution in [0.3, 0.4) is 0 Å². The van der Waals surface area contributed by atoms with Crippen LogP contribution in [0.1, 0.15) is 53.0 Å². The summed E-state index contributed by atoms with van der Waals surface area (Å²) in [5, 5.41) is 4.58. The lowest BCUT2D eigenvalue weighted by atomic mass is 10.00. The molecule has 7 nitrogen and oxygen atoms in total. The predicted octanol–water partition coefficient (Wildman–Crippen LogP) is 3.83. The van der Waals surface area contributed by atoms with E-state index in [0.29, 0.717) is 58.9 Å². The van der Waals surface area contributed by atoms with Crippen molar-refractivity contribution in [1.29, 1.82) is 0 Å². The number of ketones is 1. The van der Waals surface area contributed by atoms with Gasteiger partial charge in [-0.2, -0.15) is 4.31 Å². The zero-order valence-electron chi connectivity index (χ0n) is 17.2. The number of carbonyl (C=O) groups excluding carboxylic acids is 1. The van der Waals surface area contributed by atoms with Gasteiger partial charge in [0.15, 0.2) is 5.78 Å². The van der Waals surface area contributed by atoms with Crippen molar-refractivity contribution >= 4 is 26.9 Å². The lowest BCUT2D eigenvalue weighted by Gasteiger charge is -2.25. The Bertz CT molecular complexity index is 1180. The number of pyridine rings is 1. The topological polar surface area (TPSA) is 93.4 Å². The van der Waals surface area contributed by atoms with E-state index in [4.69, 9.17) is 4.52 Å². The first-order valence-electron chi connectivity index (χ1n) is 10.2. The normalized spacial score (nSPS) is 15.5. The minimum absolute atomic E-state index is 0.0122. The number of nitrogens with zero attached hydrogens (tertiary/aromatic N) is 3. The summed E-state index contributed by atoms with van der Waals surface area (Å²) in [7, 11) is -3.44. The van der Waals surface area contributed by atoms with Gasteiger partial charge in [-0.3, -0.25) is 4.79 Å². The fourth-order valence-corrected chi connectivity index (χ4v) is 5.43. The molecule has 1 fully saturated rings. The molecule has 30 heavy (non-hydrogen) atoms. The Labute approximate surface area is 176 Å². The lowest BCUT2D eigenvalue weighted by molar-refractivity contribution is 0.0984. The van der Waals surface area contributed by atoms with E-state index in [1.807, 2.05) is 6.92 Å². The standard InChI is InChI=1S/C22H25N3O4S/c1-15-14-19(21-16(2)24-29-22(21)23-15)20(26)11-8-17-6-9-18(10-7-17)30(27,28)25-12-4-3-5-13-25/h6-7,9-10,14H,3-5,8,11-13H2,1-2H3. The van der Waals surface area contributed by atoms with E-state index in [9.17, 15) is 13.2 Å². The number of piperidine rings is 1. The monoisotopic (exact) mass is 427 g/mol. The Morgan fingerprint density at radius 1 is 1.10 bits per heavy atom. The maximum absolute atomic E-state index is 12.9. The van der Waals surface area contributed by atoms with Gasteiger partial charge in [0.1, 0.15) is 0 Å². The van der Waals surface area contributed by atoms with Crippen molar-refractivity contribution < 1.29 is 17.7 Å². The minimum atomic E-state index is -3.44. The van der Waals surface area contributed by atoms with Crippen molar-refractivity contribution in [2.45, 2.75) is 50.8 Å². The first kappa shape index (κ1) is 20.7. The van der Waals surface area contributed by atoms with Crippen LogP contribution in [-0.4, -0.2) is 41.7 Å². The molecule has 8 heteroatoms. The number of fused-ring (bicyclic) bond motifs is 1. The molecule has 0 atom stereocenters. The third kappa shape index (κ3) is 4.02. The molecule has 2 aromatic heterocycles. The van der Waals surface area contributed by atoms with Crippen LogP contribution in [0.5, 0.6) is 0 Å². The summed E-state index contributed by atoms with van der Waals surface area (Å²) in [5.74, 6) is -0.0122. The van der Waals surface area contributed by atoms with Gasteiger partial charge in [0.25, 0.3) is 5.71 Å².